The molecule has 1 N–H and O–H groups in total. The van der Waals surface area contributed by atoms with Crippen LogP contribution in [-0.4, -0.2) is 29.8 Å². The largest absolute Gasteiger partial charge is 0.357 e. The zero-order valence-corrected chi connectivity index (χ0v) is 14.7. The molecule has 6 heteroatoms. The molecule has 0 heterocycles. The Hall–Kier alpha value is -1.26. The van der Waals surface area contributed by atoms with Crippen molar-refractivity contribution in [2.45, 2.75) is 45.7 Å². The van der Waals surface area contributed by atoms with Crippen LogP contribution in [0, 0.1) is 0 Å². The third kappa shape index (κ3) is 4.62. The number of hydrogen-bond donors (Lipinski definition) is 1. The number of likely N-dealkylation sites (N-methyl/N-ethyl adjacent to an activating group) is 1. The molecule has 0 aliphatic carbocycles. The predicted molar refractivity (Wildman–Crippen MR) is 90.1 cm³/mol. The molecule has 1 atom stereocenters. The Balaban J connectivity index is 3.15. The molecule has 1 rings (SSSR count). The fourth-order valence-electron chi connectivity index (χ4n) is 2.30. The van der Waals surface area contributed by atoms with Crippen molar-refractivity contribution >= 4 is 35.0 Å². The minimum absolute atomic E-state index is 0.0751. The highest BCUT2D eigenvalue weighted by Crippen LogP contribution is 2.27. The van der Waals surface area contributed by atoms with Gasteiger partial charge in [0, 0.05) is 35.6 Å². The Kier molecular flexibility index (Phi) is 7.69. The summed E-state index contributed by atoms with van der Waals surface area (Å²) in [6.07, 6.45) is 1.63. The number of benzene rings is 1. The molecule has 0 spiro atoms. The van der Waals surface area contributed by atoms with Crippen molar-refractivity contribution in [1.29, 1.82) is 0 Å². The van der Waals surface area contributed by atoms with Crippen LogP contribution >= 0.6 is 23.2 Å². The number of nitrogens with one attached hydrogen (secondary N) is 1. The molecule has 0 saturated carbocycles. The molecule has 0 aromatic heterocycles. The normalized spacial score (nSPS) is 11.9. The Morgan fingerprint density at radius 3 is 2.27 bits per heavy atom. The van der Waals surface area contributed by atoms with Crippen LogP contribution in [0.1, 0.15) is 38.7 Å². The van der Waals surface area contributed by atoms with Gasteiger partial charge >= 0.3 is 0 Å². The van der Waals surface area contributed by atoms with Crippen molar-refractivity contribution in [3.63, 3.8) is 0 Å². The second-order valence-corrected chi connectivity index (χ2v) is 5.82. The standard InChI is InChI=1S/C16H22Cl2N2O2/c1-4-7-15(21)20(14(5-2)16(22)19-3)10-11-12(17)8-6-9-13(11)18/h6,8-9,14H,4-5,7,10H2,1-3H3,(H,19,22). The summed E-state index contributed by atoms with van der Waals surface area (Å²) in [5.74, 6) is -0.260. The smallest absolute Gasteiger partial charge is 0.242 e. The minimum Gasteiger partial charge on any atom is -0.357 e. The summed E-state index contributed by atoms with van der Waals surface area (Å²) in [4.78, 5) is 26.1. The summed E-state index contributed by atoms with van der Waals surface area (Å²) >= 11 is 12.4. The van der Waals surface area contributed by atoms with Gasteiger partial charge < -0.3 is 10.2 Å². The predicted octanol–water partition coefficient (Wildman–Crippen LogP) is 3.65. The van der Waals surface area contributed by atoms with E-state index < -0.39 is 6.04 Å². The zero-order valence-electron chi connectivity index (χ0n) is 13.2. The number of carbonyl (C=O) groups excluding carboxylic acids is 2. The Bertz CT molecular complexity index is 515. The molecule has 0 radical (unpaired) electrons. The quantitative estimate of drug-likeness (QED) is 0.820. The molecule has 0 aliphatic heterocycles. The average molecular weight is 345 g/mol. The van der Waals surface area contributed by atoms with Crippen LogP contribution in [0.25, 0.3) is 0 Å². The Morgan fingerprint density at radius 1 is 1.23 bits per heavy atom. The van der Waals surface area contributed by atoms with Crippen LogP contribution in [0.5, 0.6) is 0 Å². The summed E-state index contributed by atoms with van der Waals surface area (Å²) in [6.45, 7) is 4.03. The van der Waals surface area contributed by atoms with E-state index in [-0.39, 0.29) is 18.4 Å². The van der Waals surface area contributed by atoms with Gasteiger partial charge in [-0.15, -0.1) is 0 Å². The van der Waals surface area contributed by atoms with Gasteiger partial charge in [-0.3, -0.25) is 9.59 Å². The molecule has 0 aliphatic rings. The van der Waals surface area contributed by atoms with Gasteiger partial charge in [-0.2, -0.15) is 0 Å². The van der Waals surface area contributed by atoms with Crippen molar-refractivity contribution < 1.29 is 9.59 Å². The molecule has 4 nitrogen and oxygen atoms in total. The third-order valence-corrected chi connectivity index (χ3v) is 4.19. The van der Waals surface area contributed by atoms with Crippen molar-refractivity contribution in [1.82, 2.24) is 10.2 Å². The topological polar surface area (TPSA) is 49.4 Å². The van der Waals surface area contributed by atoms with Crippen LogP contribution in [0.2, 0.25) is 10.0 Å². The summed E-state index contributed by atoms with van der Waals surface area (Å²) in [6, 6.07) is 4.68. The van der Waals surface area contributed by atoms with Crippen LogP contribution in [-0.2, 0) is 16.1 Å². The fourth-order valence-corrected chi connectivity index (χ4v) is 2.81. The van der Waals surface area contributed by atoms with Gasteiger partial charge in [-0.1, -0.05) is 43.1 Å². The highest BCUT2D eigenvalue weighted by Gasteiger charge is 2.28. The van der Waals surface area contributed by atoms with Gasteiger partial charge in [-0.25, -0.2) is 0 Å². The second kappa shape index (κ2) is 9.01. The summed E-state index contributed by atoms with van der Waals surface area (Å²) in [7, 11) is 1.57. The number of amides is 2. The van der Waals surface area contributed by atoms with Gasteiger partial charge in [0.1, 0.15) is 6.04 Å². The SMILES string of the molecule is CCCC(=O)N(Cc1c(Cl)cccc1Cl)C(CC)C(=O)NC. The number of halogens is 2. The molecular weight excluding hydrogens is 323 g/mol. The van der Waals surface area contributed by atoms with Crippen LogP contribution in [0.15, 0.2) is 18.2 Å². The van der Waals surface area contributed by atoms with Crippen LogP contribution in [0.4, 0.5) is 0 Å². The first kappa shape index (κ1) is 18.8. The van der Waals surface area contributed by atoms with Crippen LogP contribution in [0.3, 0.4) is 0 Å². The van der Waals surface area contributed by atoms with Gasteiger partial charge in [-0.05, 0) is 25.0 Å². The Morgan fingerprint density at radius 2 is 1.82 bits per heavy atom. The van der Waals surface area contributed by atoms with E-state index in [4.69, 9.17) is 23.2 Å². The first-order chi connectivity index (χ1) is 10.5. The maximum atomic E-state index is 12.5. The summed E-state index contributed by atoms with van der Waals surface area (Å²) in [5, 5.41) is 3.60. The lowest BCUT2D eigenvalue weighted by Crippen LogP contribution is -2.48. The average Bonchev–Trinajstić information content (AvgIpc) is 2.49. The maximum absolute atomic E-state index is 12.5. The van der Waals surface area contributed by atoms with Crippen molar-refractivity contribution in [2.75, 3.05) is 7.05 Å². The van der Waals surface area contributed by atoms with E-state index in [2.05, 4.69) is 5.32 Å². The van der Waals surface area contributed by atoms with E-state index >= 15 is 0 Å². The Labute approximate surface area is 141 Å². The number of carbonyl (C=O) groups is 2. The molecule has 0 fully saturated rings. The minimum atomic E-state index is -0.531. The van der Waals surface area contributed by atoms with Gasteiger partial charge in [0.25, 0.3) is 0 Å². The summed E-state index contributed by atoms with van der Waals surface area (Å²) in [5.41, 5.74) is 0.664. The lowest BCUT2D eigenvalue weighted by atomic mass is 10.1. The molecule has 1 aromatic carbocycles. The van der Waals surface area contributed by atoms with Crippen molar-refractivity contribution in [2.24, 2.45) is 0 Å². The molecule has 122 valence electrons. The van der Waals surface area contributed by atoms with E-state index in [1.807, 2.05) is 13.8 Å². The van der Waals surface area contributed by atoms with Crippen molar-refractivity contribution in [3.8, 4) is 0 Å². The van der Waals surface area contributed by atoms with E-state index in [0.717, 1.165) is 6.42 Å². The zero-order chi connectivity index (χ0) is 16.7. The first-order valence-corrected chi connectivity index (χ1v) is 8.15. The molecule has 22 heavy (non-hydrogen) atoms. The molecule has 0 bridgehead atoms. The fraction of sp³-hybridized carbons (Fsp3) is 0.500. The number of nitrogens with zero attached hydrogens (tertiary/aromatic N) is 1. The van der Waals surface area contributed by atoms with E-state index in [1.165, 1.54) is 0 Å². The monoisotopic (exact) mass is 344 g/mol. The summed E-state index contributed by atoms with van der Waals surface area (Å²) < 4.78 is 0. The lowest BCUT2D eigenvalue weighted by Gasteiger charge is -2.30. The second-order valence-electron chi connectivity index (χ2n) is 5.01. The van der Waals surface area contributed by atoms with Crippen LogP contribution < -0.4 is 5.32 Å². The molecule has 2 amide bonds. The molecule has 0 saturated heterocycles. The third-order valence-electron chi connectivity index (χ3n) is 3.49. The maximum Gasteiger partial charge on any atom is 0.242 e. The highest BCUT2D eigenvalue weighted by atomic mass is 35.5. The number of rotatable bonds is 7. The highest BCUT2D eigenvalue weighted by molar-refractivity contribution is 6.36. The van der Waals surface area contributed by atoms with E-state index in [1.54, 1.807) is 30.1 Å². The van der Waals surface area contributed by atoms with E-state index in [0.29, 0.717) is 28.5 Å². The van der Waals surface area contributed by atoms with Gasteiger partial charge in [0.05, 0.1) is 0 Å². The van der Waals surface area contributed by atoms with E-state index in [9.17, 15) is 9.59 Å². The first-order valence-electron chi connectivity index (χ1n) is 7.40. The van der Waals surface area contributed by atoms with Gasteiger partial charge in [0.2, 0.25) is 11.8 Å². The lowest BCUT2D eigenvalue weighted by molar-refractivity contribution is -0.141. The van der Waals surface area contributed by atoms with Crippen molar-refractivity contribution in [3.05, 3.63) is 33.8 Å². The number of hydrogen-bond acceptors (Lipinski definition) is 2. The van der Waals surface area contributed by atoms with Gasteiger partial charge in [0.15, 0.2) is 0 Å². The molecular formula is C16H22Cl2N2O2. The molecule has 1 aromatic rings. The molecule has 1 unspecified atom stereocenters.